The van der Waals surface area contributed by atoms with Gasteiger partial charge in [-0.3, -0.25) is 0 Å². The Morgan fingerprint density at radius 1 is 0.967 bits per heavy atom. The number of allylic oxidation sites excluding steroid dienone is 2. The van der Waals surface area contributed by atoms with Crippen molar-refractivity contribution in [2.45, 2.75) is 43.7 Å². The van der Waals surface area contributed by atoms with Gasteiger partial charge in [0.25, 0.3) is 0 Å². The van der Waals surface area contributed by atoms with Crippen molar-refractivity contribution in [3.63, 3.8) is 0 Å². The van der Waals surface area contributed by atoms with Gasteiger partial charge >= 0.3 is 0 Å². The molecule has 158 valence electrons. The van der Waals surface area contributed by atoms with Crippen LogP contribution in [0.1, 0.15) is 36.8 Å². The van der Waals surface area contributed by atoms with E-state index in [0.29, 0.717) is 0 Å². The summed E-state index contributed by atoms with van der Waals surface area (Å²) in [7, 11) is 5.20. The second kappa shape index (κ2) is 8.66. The van der Waals surface area contributed by atoms with Crippen LogP contribution in [0, 0.1) is 0 Å². The van der Waals surface area contributed by atoms with E-state index in [1.165, 1.54) is 27.8 Å². The molecule has 4 nitrogen and oxygen atoms in total. The first kappa shape index (κ1) is 20.7. The Hall–Kier alpha value is -2.56. The summed E-state index contributed by atoms with van der Waals surface area (Å²) in [6.45, 7) is 0. The Morgan fingerprint density at radius 2 is 1.73 bits per heavy atom. The van der Waals surface area contributed by atoms with E-state index < -0.39 is 0 Å². The molecule has 0 bridgehead atoms. The summed E-state index contributed by atoms with van der Waals surface area (Å²) in [6.07, 6.45) is 7.05. The first-order chi connectivity index (χ1) is 14.6. The molecule has 0 heterocycles. The maximum absolute atomic E-state index is 6.90. The molecule has 1 fully saturated rings. The standard InChI is InChI=1S/C26H31NO3/c1-28-20-10-8-19(9-11-20)23-13-14-26(27)17-22(30-3)16-25(26)24(23)12-7-18-5-4-6-21(15-18)29-2/h4-6,8-11,13,15,22H,7,12,14,16-17,27H2,1-3H3/t22-,26+/m0/s1. The van der Waals surface area contributed by atoms with Crippen molar-refractivity contribution in [2.75, 3.05) is 21.3 Å². The third-order valence-corrected chi connectivity index (χ3v) is 6.52. The summed E-state index contributed by atoms with van der Waals surface area (Å²) in [4.78, 5) is 0. The molecule has 0 unspecified atom stereocenters. The highest BCUT2D eigenvalue weighted by atomic mass is 16.5. The molecule has 1 saturated carbocycles. The Labute approximate surface area is 179 Å². The highest BCUT2D eigenvalue weighted by Gasteiger charge is 2.43. The smallest absolute Gasteiger partial charge is 0.119 e. The first-order valence-corrected chi connectivity index (χ1v) is 10.6. The minimum atomic E-state index is -0.291. The summed E-state index contributed by atoms with van der Waals surface area (Å²) in [5, 5.41) is 0. The first-order valence-electron chi connectivity index (χ1n) is 10.6. The lowest BCUT2D eigenvalue weighted by molar-refractivity contribution is 0.104. The molecule has 0 saturated heterocycles. The van der Waals surface area contributed by atoms with E-state index in [0.717, 1.165) is 43.6 Å². The van der Waals surface area contributed by atoms with Crippen LogP contribution < -0.4 is 15.2 Å². The van der Waals surface area contributed by atoms with E-state index in [9.17, 15) is 0 Å². The second-order valence-electron chi connectivity index (χ2n) is 8.28. The van der Waals surface area contributed by atoms with Crippen molar-refractivity contribution < 1.29 is 14.2 Å². The van der Waals surface area contributed by atoms with Gasteiger partial charge in [-0.2, -0.15) is 0 Å². The molecule has 0 aliphatic heterocycles. The number of hydrogen-bond donors (Lipinski definition) is 1. The van der Waals surface area contributed by atoms with Crippen LogP contribution >= 0.6 is 0 Å². The molecule has 2 atom stereocenters. The number of benzene rings is 2. The van der Waals surface area contributed by atoms with E-state index in [-0.39, 0.29) is 11.6 Å². The molecule has 2 N–H and O–H groups in total. The van der Waals surface area contributed by atoms with E-state index >= 15 is 0 Å². The Balaban J connectivity index is 1.68. The van der Waals surface area contributed by atoms with Crippen molar-refractivity contribution in [2.24, 2.45) is 5.73 Å². The largest absolute Gasteiger partial charge is 0.497 e. The monoisotopic (exact) mass is 405 g/mol. The van der Waals surface area contributed by atoms with Crippen molar-refractivity contribution in [3.8, 4) is 11.5 Å². The van der Waals surface area contributed by atoms with Crippen molar-refractivity contribution in [1.82, 2.24) is 0 Å². The van der Waals surface area contributed by atoms with Gasteiger partial charge in [-0.1, -0.05) is 30.3 Å². The van der Waals surface area contributed by atoms with Crippen LogP contribution in [0.4, 0.5) is 0 Å². The molecule has 0 amide bonds. The fourth-order valence-electron chi connectivity index (χ4n) is 4.84. The van der Waals surface area contributed by atoms with Gasteiger partial charge in [-0.15, -0.1) is 0 Å². The Bertz CT molecular complexity index is 960. The zero-order chi connectivity index (χ0) is 21.1. The number of fused-ring (bicyclic) bond motifs is 1. The van der Waals surface area contributed by atoms with Gasteiger partial charge in [0.2, 0.25) is 0 Å². The Morgan fingerprint density at radius 3 is 2.43 bits per heavy atom. The maximum Gasteiger partial charge on any atom is 0.119 e. The van der Waals surface area contributed by atoms with Crippen LogP contribution in [0.3, 0.4) is 0 Å². The molecule has 0 aromatic heterocycles. The van der Waals surface area contributed by atoms with Crippen LogP contribution in [0.15, 0.2) is 65.8 Å². The fraction of sp³-hybridized carbons (Fsp3) is 0.385. The molecule has 0 spiro atoms. The van der Waals surface area contributed by atoms with Gasteiger partial charge in [-0.25, -0.2) is 0 Å². The maximum atomic E-state index is 6.90. The quantitative estimate of drug-likeness (QED) is 0.710. The Kier molecular flexibility index (Phi) is 5.98. The van der Waals surface area contributed by atoms with Gasteiger partial charge in [-0.05, 0) is 84.2 Å². The zero-order valence-corrected chi connectivity index (χ0v) is 18.1. The van der Waals surface area contributed by atoms with Crippen LogP contribution in [0.25, 0.3) is 5.57 Å². The zero-order valence-electron chi connectivity index (χ0n) is 18.1. The number of nitrogens with two attached hydrogens (primary N) is 1. The van der Waals surface area contributed by atoms with E-state index in [2.05, 4.69) is 36.4 Å². The molecule has 4 rings (SSSR count). The van der Waals surface area contributed by atoms with E-state index in [1.54, 1.807) is 21.3 Å². The fourth-order valence-corrected chi connectivity index (χ4v) is 4.84. The molecule has 4 heteroatoms. The highest BCUT2D eigenvalue weighted by molar-refractivity contribution is 5.82. The van der Waals surface area contributed by atoms with Gasteiger partial charge in [0, 0.05) is 12.6 Å². The lowest BCUT2D eigenvalue weighted by Gasteiger charge is -2.33. The average Bonchev–Trinajstić information content (AvgIpc) is 3.14. The van der Waals surface area contributed by atoms with Crippen molar-refractivity contribution >= 4 is 5.57 Å². The SMILES string of the molecule is COc1ccc(C2=CC[C@@]3(N)C[C@@H](OC)CC3=C2CCc2cccc(OC)c2)cc1. The van der Waals surface area contributed by atoms with Crippen molar-refractivity contribution in [1.29, 1.82) is 0 Å². The minimum absolute atomic E-state index is 0.195. The molecule has 0 radical (unpaired) electrons. The predicted octanol–water partition coefficient (Wildman–Crippen LogP) is 4.93. The number of rotatable bonds is 7. The molecule has 2 aromatic rings. The number of aryl methyl sites for hydroxylation is 1. The van der Waals surface area contributed by atoms with Gasteiger partial charge in [0.05, 0.1) is 20.3 Å². The number of hydrogen-bond acceptors (Lipinski definition) is 4. The lowest BCUT2D eigenvalue weighted by atomic mass is 9.76. The van der Waals surface area contributed by atoms with Crippen LogP contribution in [-0.4, -0.2) is 33.0 Å². The molecule has 2 aliphatic rings. The summed E-state index contributed by atoms with van der Waals surface area (Å²) in [5.74, 6) is 1.77. The van der Waals surface area contributed by atoms with Crippen LogP contribution in [0.5, 0.6) is 11.5 Å². The lowest BCUT2D eigenvalue weighted by Crippen LogP contribution is -2.40. The third-order valence-electron chi connectivity index (χ3n) is 6.52. The summed E-state index contributed by atoms with van der Waals surface area (Å²) < 4.78 is 16.5. The van der Waals surface area contributed by atoms with Gasteiger partial charge in [0.15, 0.2) is 0 Å². The van der Waals surface area contributed by atoms with E-state index in [4.69, 9.17) is 19.9 Å². The topological polar surface area (TPSA) is 53.7 Å². The molecular weight excluding hydrogens is 374 g/mol. The number of methoxy groups -OCH3 is 3. The van der Waals surface area contributed by atoms with Gasteiger partial charge in [0.1, 0.15) is 11.5 Å². The van der Waals surface area contributed by atoms with Crippen molar-refractivity contribution in [3.05, 3.63) is 76.9 Å². The summed E-state index contributed by atoms with van der Waals surface area (Å²) in [5.41, 5.74) is 13.1. The predicted molar refractivity (Wildman–Crippen MR) is 121 cm³/mol. The third kappa shape index (κ3) is 4.03. The summed E-state index contributed by atoms with van der Waals surface area (Å²) >= 11 is 0. The normalized spacial score (nSPS) is 23.2. The average molecular weight is 406 g/mol. The van der Waals surface area contributed by atoms with Crippen LogP contribution in [-0.2, 0) is 11.2 Å². The molecular formula is C26H31NO3. The number of ether oxygens (including phenoxy) is 3. The van der Waals surface area contributed by atoms with E-state index in [1.807, 2.05) is 18.2 Å². The summed E-state index contributed by atoms with van der Waals surface area (Å²) in [6, 6.07) is 16.7. The minimum Gasteiger partial charge on any atom is -0.497 e. The molecule has 2 aromatic carbocycles. The molecule has 30 heavy (non-hydrogen) atoms. The molecule has 2 aliphatic carbocycles. The second-order valence-corrected chi connectivity index (χ2v) is 8.28. The highest BCUT2D eigenvalue weighted by Crippen LogP contribution is 2.47. The van der Waals surface area contributed by atoms with Crippen LogP contribution in [0.2, 0.25) is 0 Å². The van der Waals surface area contributed by atoms with Gasteiger partial charge < -0.3 is 19.9 Å².